The van der Waals surface area contributed by atoms with Crippen molar-refractivity contribution < 1.29 is 4.79 Å². The molecule has 1 heterocycles. The van der Waals surface area contributed by atoms with E-state index in [0.29, 0.717) is 6.42 Å². The minimum absolute atomic E-state index is 0.0672. The zero-order valence-electron chi connectivity index (χ0n) is 12.7. The summed E-state index contributed by atoms with van der Waals surface area (Å²) in [5, 5.41) is 3.10. The van der Waals surface area contributed by atoms with Crippen molar-refractivity contribution in [1.82, 2.24) is 5.32 Å². The van der Waals surface area contributed by atoms with Crippen molar-refractivity contribution in [3.8, 4) is 0 Å². The van der Waals surface area contributed by atoms with Gasteiger partial charge in [-0.3, -0.25) is 4.79 Å². The van der Waals surface area contributed by atoms with E-state index in [0.717, 1.165) is 6.42 Å². The first kappa shape index (κ1) is 14.1. The van der Waals surface area contributed by atoms with Gasteiger partial charge in [-0.1, -0.05) is 58.9 Å². The van der Waals surface area contributed by atoms with Crippen LogP contribution < -0.4 is 5.32 Å². The molecule has 0 saturated carbocycles. The Morgan fingerprint density at radius 1 is 1.26 bits per heavy atom. The lowest BCUT2D eigenvalue weighted by Crippen LogP contribution is -2.37. The summed E-state index contributed by atoms with van der Waals surface area (Å²) in [7, 11) is 0. The Hall–Kier alpha value is -1.31. The first-order chi connectivity index (χ1) is 8.77. The third kappa shape index (κ3) is 2.54. The van der Waals surface area contributed by atoms with Gasteiger partial charge < -0.3 is 5.32 Å². The van der Waals surface area contributed by atoms with Crippen molar-refractivity contribution in [2.75, 3.05) is 0 Å². The highest BCUT2D eigenvalue weighted by Gasteiger charge is 2.43. The minimum atomic E-state index is -0.0672. The third-order valence-electron chi connectivity index (χ3n) is 4.45. The SMILES string of the molecule is CCC1NC(=O)CC1(C)c1ccc(C(C)(C)C)cc1. The van der Waals surface area contributed by atoms with E-state index in [4.69, 9.17) is 0 Å². The van der Waals surface area contributed by atoms with Gasteiger partial charge >= 0.3 is 0 Å². The summed E-state index contributed by atoms with van der Waals surface area (Å²) in [4.78, 5) is 11.7. The van der Waals surface area contributed by atoms with Crippen LogP contribution in [0.1, 0.15) is 58.6 Å². The Morgan fingerprint density at radius 3 is 2.32 bits per heavy atom. The molecule has 0 radical (unpaired) electrons. The topological polar surface area (TPSA) is 29.1 Å². The van der Waals surface area contributed by atoms with Crippen LogP contribution in [-0.4, -0.2) is 11.9 Å². The standard InChI is InChI=1S/C17H25NO/c1-6-14-17(5,11-15(19)18-14)13-9-7-12(8-10-13)16(2,3)4/h7-10,14H,6,11H2,1-5H3,(H,18,19). The average molecular weight is 259 g/mol. The highest BCUT2D eigenvalue weighted by molar-refractivity contribution is 5.81. The van der Waals surface area contributed by atoms with Crippen LogP contribution in [0.25, 0.3) is 0 Å². The molecule has 0 spiro atoms. The fourth-order valence-electron chi connectivity index (χ4n) is 3.07. The first-order valence-corrected chi connectivity index (χ1v) is 7.18. The van der Waals surface area contributed by atoms with Crippen molar-refractivity contribution in [3.63, 3.8) is 0 Å². The van der Waals surface area contributed by atoms with E-state index in [-0.39, 0.29) is 22.8 Å². The molecule has 1 N–H and O–H groups in total. The maximum atomic E-state index is 11.7. The van der Waals surface area contributed by atoms with Crippen LogP contribution in [-0.2, 0) is 15.6 Å². The van der Waals surface area contributed by atoms with Crippen molar-refractivity contribution in [2.24, 2.45) is 0 Å². The lowest BCUT2D eigenvalue weighted by Gasteiger charge is -2.31. The molecule has 2 rings (SSSR count). The van der Waals surface area contributed by atoms with Crippen molar-refractivity contribution >= 4 is 5.91 Å². The molecule has 1 aromatic carbocycles. The summed E-state index contributed by atoms with van der Waals surface area (Å²) in [5.74, 6) is 0.175. The Bertz CT molecular complexity index is 469. The molecule has 2 nitrogen and oxygen atoms in total. The Labute approximate surface area is 116 Å². The van der Waals surface area contributed by atoms with E-state index in [1.807, 2.05) is 0 Å². The van der Waals surface area contributed by atoms with Crippen LogP contribution in [0.3, 0.4) is 0 Å². The number of amides is 1. The van der Waals surface area contributed by atoms with Gasteiger partial charge in [0, 0.05) is 17.9 Å². The van der Waals surface area contributed by atoms with Gasteiger partial charge in [-0.05, 0) is 23.0 Å². The average Bonchev–Trinajstić information content (AvgIpc) is 2.64. The molecule has 1 amide bonds. The molecule has 0 aliphatic carbocycles. The molecule has 104 valence electrons. The van der Waals surface area contributed by atoms with Gasteiger partial charge in [0.1, 0.15) is 0 Å². The van der Waals surface area contributed by atoms with Gasteiger partial charge in [0.05, 0.1) is 0 Å². The number of nitrogens with one attached hydrogen (secondary N) is 1. The predicted octanol–water partition coefficient (Wildman–Crippen LogP) is 3.54. The fraction of sp³-hybridized carbons (Fsp3) is 0.588. The summed E-state index contributed by atoms with van der Waals surface area (Å²) in [6.45, 7) is 11.0. The molecule has 19 heavy (non-hydrogen) atoms. The van der Waals surface area contributed by atoms with Gasteiger partial charge in [-0.25, -0.2) is 0 Å². The molecular weight excluding hydrogens is 234 g/mol. The maximum absolute atomic E-state index is 11.7. The van der Waals surface area contributed by atoms with E-state index in [2.05, 4.69) is 64.2 Å². The second-order valence-electron chi connectivity index (χ2n) is 6.95. The molecule has 0 aromatic heterocycles. The highest BCUT2D eigenvalue weighted by atomic mass is 16.2. The largest absolute Gasteiger partial charge is 0.352 e. The van der Waals surface area contributed by atoms with Crippen LogP contribution >= 0.6 is 0 Å². The number of hydrogen-bond acceptors (Lipinski definition) is 1. The molecule has 0 bridgehead atoms. The van der Waals surface area contributed by atoms with Gasteiger partial charge in [0.2, 0.25) is 5.91 Å². The fourth-order valence-corrected chi connectivity index (χ4v) is 3.07. The molecule has 2 unspecified atom stereocenters. The molecule has 1 aliphatic heterocycles. The zero-order chi connectivity index (χ0) is 14.3. The van der Waals surface area contributed by atoms with Crippen LogP contribution in [0.4, 0.5) is 0 Å². The molecule has 2 heteroatoms. The van der Waals surface area contributed by atoms with Gasteiger partial charge in [0.15, 0.2) is 0 Å². The van der Waals surface area contributed by atoms with E-state index in [9.17, 15) is 4.79 Å². The highest BCUT2D eigenvalue weighted by Crippen LogP contribution is 2.37. The van der Waals surface area contributed by atoms with E-state index in [1.165, 1.54) is 11.1 Å². The smallest absolute Gasteiger partial charge is 0.221 e. The molecule has 1 aromatic rings. The lowest BCUT2D eigenvalue weighted by atomic mass is 9.74. The quantitative estimate of drug-likeness (QED) is 0.864. The van der Waals surface area contributed by atoms with Crippen LogP contribution in [0.2, 0.25) is 0 Å². The number of carbonyl (C=O) groups excluding carboxylic acids is 1. The first-order valence-electron chi connectivity index (χ1n) is 7.18. The maximum Gasteiger partial charge on any atom is 0.221 e. The summed E-state index contributed by atoms with van der Waals surface area (Å²) in [5.41, 5.74) is 2.71. The second kappa shape index (κ2) is 4.66. The Morgan fingerprint density at radius 2 is 1.84 bits per heavy atom. The third-order valence-corrected chi connectivity index (χ3v) is 4.45. The number of carbonyl (C=O) groups is 1. The van der Waals surface area contributed by atoms with Crippen molar-refractivity contribution in [2.45, 2.75) is 64.3 Å². The van der Waals surface area contributed by atoms with Gasteiger partial charge in [-0.2, -0.15) is 0 Å². The number of hydrogen-bond donors (Lipinski definition) is 1. The summed E-state index contributed by atoms with van der Waals surface area (Å²) in [6, 6.07) is 9.06. The monoisotopic (exact) mass is 259 g/mol. The van der Waals surface area contributed by atoms with Gasteiger partial charge in [0.25, 0.3) is 0 Å². The Kier molecular flexibility index (Phi) is 3.46. The van der Waals surface area contributed by atoms with Crippen LogP contribution in [0.5, 0.6) is 0 Å². The second-order valence-corrected chi connectivity index (χ2v) is 6.95. The van der Waals surface area contributed by atoms with Crippen molar-refractivity contribution in [1.29, 1.82) is 0 Å². The summed E-state index contributed by atoms with van der Waals surface area (Å²) < 4.78 is 0. The predicted molar refractivity (Wildman–Crippen MR) is 79.3 cm³/mol. The Balaban J connectivity index is 2.34. The number of rotatable bonds is 2. The van der Waals surface area contributed by atoms with Gasteiger partial charge in [-0.15, -0.1) is 0 Å². The lowest BCUT2D eigenvalue weighted by molar-refractivity contribution is -0.119. The van der Waals surface area contributed by atoms with E-state index in [1.54, 1.807) is 0 Å². The molecule has 2 atom stereocenters. The molecule has 1 aliphatic rings. The number of benzene rings is 1. The van der Waals surface area contributed by atoms with E-state index < -0.39 is 0 Å². The zero-order valence-corrected chi connectivity index (χ0v) is 12.7. The van der Waals surface area contributed by atoms with E-state index >= 15 is 0 Å². The van der Waals surface area contributed by atoms with Crippen LogP contribution in [0.15, 0.2) is 24.3 Å². The summed E-state index contributed by atoms with van der Waals surface area (Å²) >= 11 is 0. The summed E-state index contributed by atoms with van der Waals surface area (Å²) in [6.07, 6.45) is 1.57. The van der Waals surface area contributed by atoms with Crippen molar-refractivity contribution in [3.05, 3.63) is 35.4 Å². The molecule has 1 saturated heterocycles. The normalized spacial score (nSPS) is 27.4. The molecular formula is C17H25NO. The van der Waals surface area contributed by atoms with Crippen LogP contribution in [0, 0.1) is 0 Å². The molecule has 1 fully saturated rings. The minimum Gasteiger partial charge on any atom is -0.352 e.